The maximum absolute atomic E-state index is 14.9. The fraction of sp³-hybridized carbons (Fsp3) is 0.224. The number of carbonyl (C=O) groups is 2. The lowest BCUT2D eigenvalue weighted by Gasteiger charge is -2.52. The first kappa shape index (κ1) is 40.8. The number of rotatable bonds is 9. The average Bonchev–Trinajstić information content (AvgIpc) is 3.81. The summed E-state index contributed by atoms with van der Waals surface area (Å²) in [5.41, 5.74) is 2.87. The second-order valence-corrected chi connectivity index (χ2v) is 19.1. The predicted molar refractivity (Wildman–Crippen MR) is 257 cm³/mol. The summed E-state index contributed by atoms with van der Waals surface area (Å²) in [6.45, 7) is 0.479. The van der Waals surface area contributed by atoms with Gasteiger partial charge in [0.2, 0.25) is 16.6 Å². The molecule has 0 N–H and O–H groups in total. The van der Waals surface area contributed by atoms with Gasteiger partial charge in [0.05, 0.1) is 40.4 Å². The van der Waals surface area contributed by atoms with E-state index in [4.69, 9.17) is 15.1 Å². The highest BCUT2D eigenvalue weighted by Crippen LogP contribution is 2.42. The van der Waals surface area contributed by atoms with E-state index in [9.17, 15) is 14.4 Å². The molecule has 1 spiro atoms. The fourth-order valence-electron chi connectivity index (χ4n) is 8.72. The highest BCUT2D eigenvalue weighted by molar-refractivity contribution is 8.16. The zero-order valence-electron chi connectivity index (χ0n) is 34.3. The highest BCUT2D eigenvalue weighted by atomic mass is 32.2. The summed E-state index contributed by atoms with van der Waals surface area (Å²) in [6, 6.07) is 48.5. The number of para-hydroxylation sites is 4. The molecule has 2 saturated heterocycles. The van der Waals surface area contributed by atoms with E-state index in [-0.39, 0.29) is 30.5 Å². The van der Waals surface area contributed by atoms with E-state index in [2.05, 4.69) is 10.0 Å². The Balaban J connectivity index is 1.09. The van der Waals surface area contributed by atoms with Crippen LogP contribution >= 0.6 is 34.9 Å². The van der Waals surface area contributed by atoms with Crippen LogP contribution in [-0.4, -0.2) is 61.1 Å². The van der Waals surface area contributed by atoms with Crippen LogP contribution in [-0.2, 0) is 9.59 Å². The van der Waals surface area contributed by atoms with Crippen molar-refractivity contribution in [1.29, 1.82) is 0 Å². The van der Waals surface area contributed by atoms with Gasteiger partial charge < -0.3 is 0 Å². The van der Waals surface area contributed by atoms with E-state index in [0.29, 0.717) is 32.5 Å². The number of thioether (sulfide) groups is 2. The number of anilines is 2. The van der Waals surface area contributed by atoms with Crippen LogP contribution in [0.3, 0.4) is 0 Å². The molecule has 3 fully saturated rings. The van der Waals surface area contributed by atoms with Crippen LogP contribution in [0.1, 0.15) is 44.1 Å². The second kappa shape index (κ2) is 17.9. The molecule has 10 rings (SSSR count). The summed E-state index contributed by atoms with van der Waals surface area (Å²) in [7, 11) is 0. The van der Waals surface area contributed by atoms with Gasteiger partial charge in [0.15, 0.2) is 10.3 Å². The topological polar surface area (TPSA) is 106 Å². The van der Waals surface area contributed by atoms with Crippen molar-refractivity contribution in [3.8, 4) is 0 Å². The molecular weight excluding hydrogens is 845 g/mol. The number of hydrogen-bond acceptors (Lipinski definition) is 11. The maximum atomic E-state index is 14.9. The fourth-order valence-corrected chi connectivity index (χ4v) is 12.0. The van der Waals surface area contributed by atoms with Crippen LogP contribution in [0.5, 0.6) is 0 Å². The zero-order valence-corrected chi connectivity index (χ0v) is 36.8. The number of benzene rings is 5. The van der Waals surface area contributed by atoms with E-state index in [1.807, 2.05) is 158 Å². The number of carbonyl (C=O) groups excluding carboxylic acids is 2. The van der Waals surface area contributed by atoms with E-state index >= 15 is 0 Å². The third kappa shape index (κ3) is 8.14. The molecule has 63 heavy (non-hydrogen) atoms. The van der Waals surface area contributed by atoms with Gasteiger partial charge >= 0.3 is 0 Å². The van der Waals surface area contributed by atoms with Gasteiger partial charge in [-0.05, 0) is 85.9 Å². The molecule has 0 radical (unpaired) electrons. The smallest absolute Gasteiger partial charge is 0.279 e. The van der Waals surface area contributed by atoms with Gasteiger partial charge in [0, 0.05) is 0 Å². The highest BCUT2D eigenvalue weighted by Gasteiger charge is 2.52. The Hall–Kier alpha value is -6.22. The van der Waals surface area contributed by atoms with Crippen molar-refractivity contribution in [2.75, 3.05) is 27.9 Å². The lowest BCUT2D eigenvalue weighted by atomic mass is 9.97. The van der Waals surface area contributed by atoms with Crippen LogP contribution in [0.2, 0.25) is 0 Å². The van der Waals surface area contributed by atoms with Crippen molar-refractivity contribution in [2.24, 2.45) is 15.1 Å². The van der Waals surface area contributed by atoms with Crippen molar-refractivity contribution in [1.82, 2.24) is 9.69 Å². The molecule has 14 heteroatoms. The van der Waals surface area contributed by atoms with E-state index in [1.54, 1.807) is 14.5 Å². The van der Waals surface area contributed by atoms with Crippen LogP contribution in [0.15, 0.2) is 172 Å². The molecule has 5 aromatic carbocycles. The van der Waals surface area contributed by atoms with Crippen LogP contribution in [0.4, 0.5) is 22.7 Å². The number of aliphatic imine (C=N–C) groups is 2. The molecule has 6 aromatic rings. The molecule has 1 saturated carbocycles. The monoisotopic (exact) mass is 888 g/mol. The normalized spacial score (nSPS) is 21.4. The molecule has 2 amide bonds. The lowest BCUT2D eigenvalue weighted by Crippen LogP contribution is -2.72. The van der Waals surface area contributed by atoms with Crippen molar-refractivity contribution in [3.63, 3.8) is 0 Å². The Morgan fingerprint density at radius 2 is 1.05 bits per heavy atom. The van der Waals surface area contributed by atoms with Gasteiger partial charge in [0.25, 0.3) is 5.56 Å². The van der Waals surface area contributed by atoms with E-state index in [1.165, 1.54) is 34.9 Å². The molecule has 316 valence electrons. The van der Waals surface area contributed by atoms with Gasteiger partial charge in [-0.2, -0.15) is 4.68 Å². The van der Waals surface area contributed by atoms with Crippen LogP contribution < -0.4 is 29.7 Å². The first-order valence-corrected chi connectivity index (χ1v) is 23.8. The number of amides is 2. The number of fused-ring (bicyclic) bond motifs is 1. The quantitative estimate of drug-likeness (QED) is 0.144. The Morgan fingerprint density at radius 1 is 0.587 bits per heavy atom. The van der Waals surface area contributed by atoms with Crippen molar-refractivity contribution >= 4 is 85.8 Å². The number of amidine groups is 2. The number of hydrogen-bond donors (Lipinski definition) is 0. The SMILES string of the molecule is O=C1C(CN2N=c3s/c(=C/c4ccccc4)c(=O)n3N(CC3SC(=Nc4ccccc4)N(c4ccccc4)C3=O)C23CCCCCC3)SC(=Nc2ccccc2)N1c1ccccc1. The Labute approximate surface area is 377 Å². The predicted octanol–water partition coefficient (Wildman–Crippen LogP) is 8.25. The Kier molecular flexibility index (Phi) is 11.6. The number of aromatic nitrogens is 1. The molecule has 4 heterocycles. The Morgan fingerprint density at radius 3 is 1.56 bits per heavy atom. The van der Waals surface area contributed by atoms with Gasteiger partial charge in [-0.1, -0.05) is 151 Å². The van der Waals surface area contributed by atoms with E-state index < -0.39 is 16.2 Å². The summed E-state index contributed by atoms with van der Waals surface area (Å²) in [5.74, 6) is -0.193. The summed E-state index contributed by atoms with van der Waals surface area (Å²) in [6.07, 6.45) is 7.13. The minimum atomic E-state index is -0.825. The molecule has 2 atom stereocenters. The summed E-state index contributed by atoms with van der Waals surface area (Å²) >= 11 is 4.19. The summed E-state index contributed by atoms with van der Waals surface area (Å²) in [4.78, 5) is 58.6. The third-order valence-electron chi connectivity index (χ3n) is 11.7. The molecule has 1 aromatic heterocycles. The van der Waals surface area contributed by atoms with Crippen molar-refractivity contribution < 1.29 is 9.59 Å². The molecule has 3 aliphatic heterocycles. The summed E-state index contributed by atoms with van der Waals surface area (Å²) < 4.78 is 2.27. The minimum Gasteiger partial charge on any atom is -0.279 e. The van der Waals surface area contributed by atoms with Gasteiger partial charge in [0.1, 0.15) is 16.2 Å². The first-order valence-electron chi connectivity index (χ1n) is 21.3. The molecule has 11 nitrogen and oxygen atoms in total. The second-order valence-electron chi connectivity index (χ2n) is 15.8. The standard InChI is InChI=1S/C49H44N8O3S3/c58-43-41(62-46(50-36-22-10-4-11-23-36)55(43)38-26-14-6-15-27-38)33-53-49(30-18-1-2-19-31-49)54(57-45(60)40(61-48(57)52-53)32-35-20-8-3-9-21-35)34-42-44(59)56(39-28-16-7-17-29-39)47(63-42)51-37-24-12-5-13-25-37/h3-17,20-29,32,41-42H,1-2,18-19,30-31,33-34H2/b40-32+,50-46?,51-47?. The van der Waals surface area contributed by atoms with Crippen LogP contribution in [0, 0.1) is 0 Å². The largest absolute Gasteiger partial charge is 0.289 e. The maximum Gasteiger partial charge on any atom is 0.289 e. The van der Waals surface area contributed by atoms with Crippen LogP contribution in [0.25, 0.3) is 6.08 Å². The molecule has 2 unspecified atom stereocenters. The third-order valence-corrected chi connectivity index (χ3v) is 14.9. The van der Waals surface area contributed by atoms with Crippen molar-refractivity contribution in [3.05, 3.63) is 177 Å². The van der Waals surface area contributed by atoms with Gasteiger partial charge in [-0.25, -0.2) is 9.98 Å². The Bertz CT molecular complexity index is 2850. The van der Waals surface area contributed by atoms with Gasteiger partial charge in [-0.3, -0.25) is 34.2 Å². The molecule has 0 bridgehead atoms. The lowest BCUT2D eigenvalue weighted by molar-refractivity contribution is -0.117. The molecular formula is C49H44N8O3S3. The van der Waals surface area contributed by atoms with Gasteiger partial charge in [-0.15, -0.1) is 5.10 Å². The summed E-state index contributed by atoms with van der Waals surface area (Å²) in [5, 5.41) is 9.60. The number of nitrogens with zero attached hydrogens (tertiary/aromatic N) is 8. The first-order chi connectivity index (χ1) is 30.9. The van der Waals surface area contributed by atoms with Crippen molar-refractivity contribution in [2.45, 2.75) is 54.7 Å². The average molecular weight is 889 g/mol. The minimum absolute atomic E-state index is 0.0829. The molecule has 4 aliphatic rings. The number of thiazole rings is 1. The zero-order chi connectivity index (χ0) is 42.8. The molecule has 1 aliphatic carbocycles. The van der Waals surface area contributed by atoms with E-state index in [0.717, 1.165) is 54.0 Å².